The van der Waals surface area contributed by atoms with E-state index < -0.39 is 5.25 Å². The Bertz CT molecular complexity index is 1270. The van der Waals surface area contributed by atoms with E-state index in [9.17, 15) is 4.79 Å². The zero-order chi connectivity index (χ0) is 22.7. The highest BCUT2D eigenvalue weighted by atomic mass is 32.2. The second kappa shape index (κ2) is 9.44. The molecule has 4 aromatic rings. The Morgan fingerprint density at radius 2 is 1.97 bits per heavy atom. The summed E-state index contributed by atoms with van der Waals surface area (Å²) in [5.74, 6) is 0.988. The van der Waals surface area contributed by atoms with Gasteiger partial charge in [-0.3, -0.25) is 4.79 Å². The van der Waals surface area contributed by atoms with Gasteiger partial charge < -0.3 is 19.4 Å². The maximum atomic E-state index is 12.8. The molecule has 0 bridgehead atoms. The van der Waals surface area contributed by atoms with E-state index in [0.29, 0.717) is 22.3 Å². The van der Waals surface area contributed by atoms with Crippen LogP contribution in [0, 0.1) is 0 Å². The van der Waals surface area contributed by atoms with Gasteiger partial charge in [-0.15, -0.1) is 10.2 Å². The van der Waals surface area contributed by atoms with Gasteiger partial charge in [0.05, 0.1) is 30.7 Å². The molecule has 0 radical (unpaired) electrons. The Morgan fingerprint density at radius 3 is 2.72 bits per heavy atom. The molecule has 0 saturated heterocycles. The van der Waals surface area contributed by atoms with Crippen LogP contribution < -0.4 is 14.8 Å². The minimum absolute atomic E-state index is 0.195. The Morgan fingerprint density at radius 1 is 1.16 bits per heavy atom. The number of carbonyl (C=O) groups is 1. The minimum Gasteiger partial charge on any atom is -0.497 e. The number of fused-ring (bicyclic) bond motifs is 3. The quantitative estimate of drug-likeness (QED) is 0.394. The maximum Gasteiger partial charge on any atom is 0.237 e. The summed E-state index contributed by atoms with van der Waals surface area (Å²) in [4.78, 5) is 17.6. The molecule has 0 fully saturated rings. The predicted molar refractivity (Wildman–Crippen MR) is 127 cm³/mol. The topological polar surface area (TPSA) is 91.2 Å². The monoisotopic (exact) mass is 451 g/mol. The second-order valence-corrected chi connectivity index (χ2v) is 8.56. The van der Waals surface area contributed by atoms with E-state index in [1.165, 1.54) is 11.8 Å². The molecule has 0 aliphatic rings. The van der Waals surface area contributed by atoms with Crippen LogP contribution in [0.3, 0.4) is 0 Å². The number of amides is 1. The van der Waals surface area contributed by atoms with Crippen LogP contribution in [-0.2, 0) is 11.3 Å². The van der Waals surface area contributed by atoms with Crippen LogP contribution in [0.15, 0.2) is 47.6 Å². The van der Waals surface area contributed by atoms with Crippen LogP contribution in [0.4, 0.5) is 5.69 Å². The number of ether oxygens (including phenoxy) is 2. The maximum absolute atomic E-state index is 12.8. The smallest absolute Gasteiger partial charge is 0.237 e. The highest BCUT2D eigenvalue weighted by molar-refractivity contribution is 8.00. The van der Waals surface area contributed by atoms with Crippen LogP contribution in [0.1, 0.15) is 20.3 Å². The van der Waals surface area contributed by atoms with E-state index in [4.69, 9.17) is 14.5 Å². The molecule has 2 heterocycles. The summed E-state index contributed by atoms with van der Waals surface area (Å²) in [5.41, 5.74) is 3.19. The van der Waals surface area contributed by atoms with Gasteiger partial charge in [0, 0.05) is 18.0 Å². The van der Waals surface area contributed by atoms with Crippen molar-refractivity contribution in [3.05, 3.63) is 42.5 Å². The summed E-state index contributed by atoms with van der Waals surface area (Å²) in [6.07, 6.45) is 0.974. The van der Waals surface area contributed by atoms with Crippen LogP contribution in [0.25, 0.3) is 22.1 Å². The average molecular weight is 452 g/mol. The first-order valence-corrected chi connectivity index (χ1v) is 11.2. The number of aryl methyl sites for hydroxylation is 1. The van der Waals surface area contributed by atoms with Crippen molar-refractivity contribution in [2.75, 3.05) is 19.5 Å². The first-order chi connectivity index (χ1) is 15.5. The standard InChI is InChI=1S/C23H25N5O3S/c1-5-12-28-18-9-7-6-8-16(18)20-21(28)25-23(27-26-20)32-14(2)22(29)24-17-13-15(30-3)10-11-19(17)31-4/h6-11,13-14H,5,12H2,1-4H3,(H,24,29). The van der Waals surface area contributed by atoms with Gasteiger partial charge in [-0.05, 0) is 31.5 Å². The fraction of sp³-hybridized carbons (Fsp3) is 0.304. The van der Waals surface area contributed by atoms with Gasteiger partial charge in [-0.1, -0.05) is 36.9 Å². The summed E-state index contributed by atoms with van der Waals surface area (Å²) in [6, 6.07) is 13.3. The fourth-order valence-corrected chi connectivity index (χ4v) is 4.26. The van der Waals surface area contributed by atoms with Gasteiger partial charge in [-0.25, -0.2) is 4.98 Å². The number of hydrogen-bond donors (Lipinski definition) is 1. The van der Waals surface area contributed by atoms with E-state index in [2.05, 4.69) is 33.1 Å². The normalized spacial score (nSPS) is 12.1. The zero-order valence-electron chi connectivity index (χ0n) is 18.5. The number of carbonyl (C=O) groups excluding carboxylic acids is 1. The molecule has 1 N–H and O–H groups in total. The fourth-order valence-electron chi connectivity index (χ4n) is 3.55. The van der Waals surface area contributed by atoms with Crippen LogP contribution in [0.2, 0.25) is 0 Å². The second-order valence-electron chi connectivity index (χ2n) is 7.25. The number of nitrogens with one attached hydrogen (secondary N) is 1. The number of thioether (sulfide) groups is 1. The van der Waals surface area contributed by atoms with E-state index >= 15 is 0 Å². The SMILES string of the molecule is CCCn1c2ccccc2c2nnc(SC(C)C(=O)Nc3cc(OC)ccc3OC)nc21. The molecule has 2 aromatic heterocycles. The van der Waals surface area contributed by atoms with Gasteiger partial charge in [0.15, 0.2) is 5.65 Å². The third kappa shape index (κ3) is 4.20. The van der Waals surface area contributed by atoms with Crippen LogP contribution >= 0.6 is 11.8 Å². The molecule has 166 valence electrons. The lowest BCUT2D eigenvalue weighted by atomic mass is 10.2. The van der Waals surface area contributed by atoms with Crippen molar-refractivity contribution in [3.63, 3.8) is 0 Å². The van der Waals surface area contributed by atoms with E-state index in [1.807, 2.05) is 25.1 Å². The Hall–Kier alpha value is -3.33. The lowest BCUT2D eigenvalue weighted by Crippen LogP contribution is -2.23. The van der Waals surface area contributed by atoms with E-state index in [1.54, 1.807) is 32.4 Å². The van der Waals surface area contributed by atoms with Crippen molar-refractivity contribution in [2.45, 2.75) is 37.2 Å². The third-order valence-electron chi connectivity index (χ3n) is 5.12. The van der Waals surface area contributed by atoms with Crippen LogP contribution in [-0.4, -0.2) is 45.1 Å². The van der Waals surface area contributed by atoms with Crippen molar-refractivity contribution in [3.8, 4) is 11.5 Å². The molecule has 0 spiro atoms. The predicted octanol–water partition coefficient (Wildman–Crippen LogP) is 4.53. The third-order valence-corrected chi connectivity index (χ3v) is 6.07. The van der Waals surface area contributed by atoms with E-state index in [0.717, 1.165) is 35.0 Å². The van der Waals surface area contributed by atoms with Crippen molar-refractivity contribution >= 4 is 45.4 Å². The number of aromatic nitrogens is 4. The van der Waals surface area contributed by atoms with Crippen molar-refractivity contribution in [2.24, 2.45) is 0 Å². The molecule has 4 rings (SSSR count). The summed E-state index contributed by atoms with van der Waals surface area (Å²) in [7, 11) is 3.13. The molecule has 0 saturated carbocycles. The van der Waals surface area contributed by atoms with Gasteiger partial charge >= 0.3 is 0 Å². The molecule has 1 atom stereocenters. The molecule has 1 amide bonds. The van der Waals surface area contributed by atoms with Gasteiger partial charge in [0.25, 0.3) is 0 Å². The Balaban J connectivity index is 1.58. The number of nitrogens with zero attached hydrogens (tertiary/aromatic N) is 4. The van der Waals surface area contributed by atoms with Crippen molar-refractivity contribution in [1.29, 1.82) is 0 Å². The molecular formula is C23H25N5O3S. The molecule has 32 heavy (non-hydrogen) atoms. The van der Waals surface area contributed by atoms with Gasteiger partial charge in [0.2, 0.25) is 11.1 Å². The first-order valence-electron chi connectivity index (χ1n) is 10.4. The molecule has 2 aromatic carbocycles. The first kappa shape index (κ1) is 21.9. The Labute approximate surface area is 190 Å². The largest absolute Gasteiger partial charge is 0.497 e. The average Bonchev–Trinajstić information content (AvgIpc) is 3.12. The molecule has 9 heteroatoms. The highest BCUT2D eigenvalue weighted by Crippen LogP contribution is 2.31. The number of para-hydroxylation sites is 1. The summed E-state index contributed by atoms with van der Waals surface area (Å²) in [5, 5.41) is 12.7. The highest BCUT2D eigenvalue weighted by Gasteiger charge is 2.20. The number of rotatable bonds is 8. The van der Waals surface area contributed by atoms with Crippen molar-refractivity contribution in [1.82, 2.24) is 19.7 Å². The van der Waals surface area contributed by atoms with Crippen molar-refractivity contribution < 1.29 is 14.3 Å². The molecule has 0 aliphatic carbocycles. The Kier molecular flexibility index (Phi) is 6.45. The minimum atomic E-state index is -0.450. The molecule has 0 aliphatic heterocycles. The lowest BCUT2D eigenvalue weighted by Gasteiger charge is -2.14. The number of anilines is 1. The van der Waals surface area contributed by atoms with Gasteiger partial charge in [0.1, 0.15) is 17.0 Å². The van der Waals surface area contributed by atoms with E-state index in [-0.39, 0.29) is 5.91 Å². The number of hydrogen-bond acceptors (Lipinski definition) is 7. The summed E-state index contributed by atoms with van der Waals surface area (Å²) < 4.78 is 12.8. The summed E-state index contributed by atoms with van der Waals surface area (Å²) >= 11 is 1.26. The zero-order valence-corrected chi connectivity index (χ0v) is 19.3. The molecule has 8 nitrogen and oxygen atoms in total. The number of methoxy groups -OCH3 is 2. The van der Waals surface area contributed by atoms with Gasteiger partial charge in [-0.2, -0.15) is 0 Å². The lowest BCUT2D eigenvalue weighted by molar-refractivity contribution is -0.115. The number of benzene rings is 2. The van der Waals surface area contributed by atoms with Crippen LogP contribution in [0.5, 0.6) is 11.5 Å². The summed E-state index contributed by atoms with van der Waals surface area (Å²) in [6.45, 7) is 4.77. The molecule has 1 unspecified atom stereocenters. The molecular weight excluding hydrogens is 426 g/mol.